The van der Waals surface area contributed by atoms with Gasteiger partial charge < -0.3 is 10.3 Å². The Morgan fingerprint density at radius 1 is 1.44 bits per heavy atom. The van der Waals surface area contributed by atoms with Crippen LogP contribution in [0.2, 0.25) is 0 Å². The fourth-order valence-corrected chi connectivity index (χ4v) is 2.48. The summed E-state index contributed by atoms with van der Waals surface area (Å²) in [5.74, 6) is 8.08. The van der Waals surface area contributed by atoms with Gasteiger partial charge in [0.15, 0.2) is 0 Å². The van der Waals surface area contributed by atoms with Crippen molar-refractivity contribution in [2.24, 2.45) is 5.84 Å². The van der Waals surface area contributed by atoms with Crippen LogP contribution in [0.5, 0.6) is 0 Å². The summed E-state index contributed by atoms with van der Waals surface area (Å²) in [4.78, 5) is 11.4. The molecule has 0 aliphatic carbocycles. The minimum atomic E-state index is 0.550. The van der Waals surface area contributed by atoms with E-state index < -0.39 is 0 Å². The molecular formula is C13H23N5. The Kier molecular flexibility index (Phi) is 4.36. The van der Waals surface area contributed by atoms with Crippen LogP contribution in [0.15, 0.2) is 6.07 Å². The molecular weight excluding hydrogens is 226 g/mol. The van der Waals surface area contributed by atoms with Gasteiger partial charge in [0.2, 0.25) is 0 Å². The molecule has 0 spiro atoms. The second-order valence-electron chi connectivity index (χ2n) is 4.96. The molecule has 1 aromatic rings. The second kappa shape index (κ2) is 6.00. The summed E-state index contributed by atoms with van der Waals surface area (Å²) in [5.41, 5.74) is 2.64. The number of hydrogen-bond donors (Lipinski definition) is 2. The lowest BCUT2D eigenvalue weighted by molar-refractivity contribution is 0.480. The number of piperidine rings is 1. The lowest BCUT2D eigenvalue weighted by atomic mass is 10.0. The first kappa shape index (κ1) is 13.1. The van der Waals surface area contributed by atoms with Gasteiger partial charge in [0, 0.05) is 25.1 Å². The van der Waals surface area contributed by atoms with Gasteiger partial charge in [0.1, 0.15) is 17.5 Å². The van der Waals surface area contributed by atoms with E-state index in [1.807, 2.05) is 6.07 Å². The number of rotatable bonds is 4. The first-order valence-corrected chi connectivity index (χ1v) is 6.85. The number of nitrogens with two attached hydrogens (primary N) is 1. The van der Waals surface area contributed by atoms with Crippen LogP contribution < -0.4 is 16.2 Å². The largest absolute Gasteiger partial charge is 0.354 e. The summed E-state index contributed by atoms with van der Waals surface area (Å²) >= 11 is 0. The van der Waals surface area contributed by atoms with Crippen molar-refractivity contribution in [3.8, 4) is 0 Å². The molecule has 0 saturated carbocycles. The summed E-state index contributed by atoms with van der Waals surface area (Å²) in [6.45, 7) is 5.47. The monoisotopic (exact) mass is 249 g/mol. The fraction of sp³-hybridized carbons (Fsp3) is 0.692. The van der Waals surface area contributed by atoms with Gasteiger partial charge in [0.05, 0.1) is 0 Å². The molecule has 3 N–H and O–H groups in total. The smallest absolute Gasteiger partial charge is 0.145 e. The van der Waals surface area contributed by atoms with E-state index in [9.17, 15) is 0 Å². The van der Waals surface area contributed by atoms with Crippen LogP contribution in [0.3, 0.4) is 0 Å². The molecule has 5 nitrogen and oxygen atoms in total. The Labute approximate surface area is 109 Å². The van der Waals surface area contributed by atoms with Crippen molar-refractivity contribution in [1.29, 1.82) is 0 Å². The SMILES string of the molecule is CCCc1nc(NN)cc(N2CCCCC2C)n1. The van der Waals surface area contributed by atoms with Crippen molar-refractivity contribution in [3.05, 3.63) is 11.9 Å². The first-order valence-electron chi connectivity index (χ1n) is 6.85. The van der Waals surface area contributed by atoms with Crippen LogP contribution in [-0.2, 0) is 6.42 Å². The minimum absolute atomic E-state index is 0.550. The topological polar surface area (TPSA) is 67.1 Å². The molecule has 100 valence electrons. The van der Waals surface area contributed by atoms with Crippen LogP contribution in [-0.4, -0.2) is 22.6 Å². The van der Waals surface area contributed by atoms with Crippen molar-refractivity contribution in [2.75, 3.05) is 16.9 Å². The average Bonchev–Trinajstić information content (AvgIpc) is 2.39. The molecule has 1 aliphatic rings. The Morgan fingerprint density at radius 3 is 2.94 bits per heavy atom. The van der Waals surface area contributed by atoms with E-state index in [0.29, 0.717) is 11.9 Å². The van der Waals surface area contributed by atoms with Crippen LogP contribution in [0.4, 0.5) is 11.6 Å². The zero-order valence-corrected chi connectivity index (χ0v) is 11.3. The molecule has 0 amide bonds. The van der Waals surface area contributed by atoms with Gasteiger partial charge in [-0.1, -0.05) is 6.92 Å². The predicted octanol–water partition coefficient (Wildman–Crippen LogP) is 2.09. The molecule has 0 radical (unpaired) electrons. The van der Waals surface area contributed by atoms with E-state index >= 15 is 0 Å². The summed E-state index contributed by atoms with van der Waals surface area (Å²) in [6.07, 6.45) is 5.72. The van der Waals surface area contributed by atoms with Crippen LogP contribution in [0.25, 0.3) is 0 Å². The van der Waals surface area contributed by atoms with Crippen molar-refractivity contribution in [2.45, 2.75) is 52.0 Å². The third kappa shape index (κ3) is 2.90. The summed E-state index contributed by atoms with van der Waals surface area (Å²) in [6, 6.07) is 2.50. The van der Waals surface area contributed by atoms with Gasteiger partial charge in [-0.05, 0) is 32.6 Å². The molecule has 1 aliphatic heterocycles. The van der Waals surface area contributed by atoms with Crippen LogP contribution >= 0.6 is 0 Å². The number of nitrogen functional groups attached to an aromatic ring is 1. The average molecular weight is 249 g/mol. The van der Waals surface area contributed by atoms with Crippen molar-refractivity contribution in [1.82, 2.24) is 9.97 Å². The highest BCUT2D eigenvalue weighted by Crippen LogP contribution is 2.24. The number of hydrogen-bond acceptors (Lipinski definition) is 5. The zero-order chi connectivity index (χ0) is 13.0. The van der Waals surface area contributed by atoms with Gasteiger partial charge >= 0.3 is 0 Å². The standard InChI is InChI=1S/C13H23N5/c1-3-6-11-15-12(17-14)9-13(16-11)18-8-5-4-7-10(18)2/h9-10H,3-8,14H2,1-2H3,(H,15,16,17). The van der Waals surface area contributed by atoms with E-state index in [4.69, 9.17) is 5.84 Å². The predicted molar refractivity (Wildman–Crippen MR) is 74.5 cm³/mol. The summed E-state index contributed by atoms with van der Waals surface area (Å²) < 4.78 is 0. The van der Waals surface area contributed by atoms with Crippen molar-refractivity contribution in [3.63, 3.8) is 0 Å². The number of nitrogens with one attached hydrogen (secondary N) is 1. The quantitative estimate of drug-likeness (QED) is 0.632. The lowest BCUT2D eigenvalue weighted by Crippen LogP contribution is -2.38. The van der Waals surface area contributed by atoms with Gasteiger partial charge in [-0.3, -0.25) is 0 Å². The lowest BCUT2D eigenvalue weighted by Gasteiger charge is -2.34. The maximum Gasteiger partial charge on any atom is 0.145 e. The first-order chi connectivity index (χ1) is 8.74. The number of aryl methyl sites for hydroxylation is 1. The molecule has 18 heavy (non-hydrogen) atoms. The summed E-state index contributed by atoms with van der Waals surface area (Å²) in [7, 11) is 0. The van der Waals surface area contributed by atoms with Crippen LogP contribution in [0.1, 0.15) is 45.4 Å². The van der Waals surface area contributed by atoms with E-state index in [0.717, 1.165) is 31.0 Å². The zero-order valence-electron chi connectivity index (χ0n) is 11.3. The second-order valence-corrected chi connectivity index (χ2v) is 4.96. The van der Waals surface area contributed by atoms with E-state index in [1.165, 1.54) is 19.3 Å². The maximum absolute atomic E-state index is 5.49. The normalized spacial score (nSPS) is 19.9. The molecule has 0 aromatic carbocycles. The van der Waals surface area contributed by atoms with Crippen LogP contribution in [0, 0.1) is 0 Å². The highest BCUT2D eigenvalue weighted by atomic mass is 15.3. The van der Waals surface area contributed by atoms with Gasteiger partial charge in [0.25, 0.3) is 0 Å². The molecule has 2 heterocycles. The third-order valence-electron chi connectivity index (χ3n) is 3.48. The van der Waals surface area contributed by atoms with E-state index in [-0.39, 0.29) is 0 Å². The fourth-order valence-electron chi connectivity index (χ4n) is 2.48. The number of hydrazine groups is 1. The molecule has 1 aromatic heterocycles. The Hall–Kier alpha value is -1.36. The molecule has 1 saturated heterocycles. The molecule has 2 rings (SSSR count). The molecule has 5 heteroatoms. The van der Waals surface area contributed by atoms with Crippen molar-refractivity contribution < 1.29 is 0 Å². The minimum Gasteiger partial charge on any atom is -0.354 e. The molecule has 1 fully saturated rings. The Morgan fingerprint density at radius 2 is 2.28 bits per heavy atom. The molecule has 1 atom stereocenters. The summed E-state index contributed by atoms with van der Waals surface area (Å²) in [5, 5.41) is 0. The third-order valence-corrected chi connectivity index (χ3v) is 3.48. The number of anilines is 2. The van der Waals surface area contributed by atoms with E-state index in [2.05, 4.69) is 34.1 Å². The van der Waals surface area contributed by atoms with Gasteiger partial charge in [-0.2, -0.15) is 0 Å². The van der Waals surface area contributed by atoms with Crippen molar-refractivity contribution >= 4 is 11.6 Å². The Bertz CT molecular complexity index is 393. The Balaban J connectivity index is 2.27. The number of aromatic nitrogens is 2. The van der Waals surface area contributed by atoms with Gasteiger partial charge in [-0.15, -0.1) is 0 Å². The highest BCUT2D eigenvalue weighted by molar-refractivity contribution is 5.49. The van der Waals surface area contributed by atoms with Gasteiger partial charge in [-0.25, -0.2) is 15.8 Å². The molecule has 0 bridgehead atoms. The van der Waals surface area contributed by atoms with E-state index in [1.54, 1.807) is 0 Å². The molecule has 1 unspecified atom stereocenters. The number of nitrogens with zero attached hydrogens (tertiary/aromatic N) is 3. The maximum atomic E-state index is 5.49. The highest BCUT2D eigenvalue weighted by Gasteiger charge is 2.20.